The van der Waals surface area contributed by atoms with Crippen LogP contribution >= 0.6 is 0 Å². The molecule has 0 unspecified atom stereocenters. The maximum absolute atomic E-state index is 3.52. The highest BCUT2D eigenvalue weighted by atomic mass is 15.2. The second-order valence-corrected chi connectivity index (χ2v) is 5.43. The average molecular weight is 230 g/mol. The molecule has 0 aliphatic carbocycles. The Balaban J connectivity index is 1.68. The highest BCUT2D eigenvalue weighted by Crippen LogP contribution is 2.32. The summed E-state index contributed by atoms with van der Waals surface area (Å²) in [5.74, 6) is 0.934. The van der Waals surface area contributed by atoms with E-state index in [0.29, 0.717) is 0 Å². The van der Waals surface area contributed by atoms with Crippen LogP contribution in [0.4, 0.5) is 11.4 Å². The maximum atomic E-state index is 3.52. The number of benzene rings is 1. The molecule has 2 aliphatic rings. The summed E-state index contributed by atoms with van der Waals surface area (Å²) in [4.78, 5) is 2.51. The molecule has 0 bridgehead atoms. The van der Waals surface area contributed by atoms with Crippen LogP contribution in [0.1, 0.15) is 31.7 Å². The SMILES string of the molecule is CCCC1CN(c2ccc3c(c2)NCCC3)C1. The van der Waals surface area contributed by atoms with Crippen LogP contribution in [-0.4, -0.2) is 19.6 Å². The molecule has 2 heterocycles. The van der Waals surface area contributed by atoms with Crippen LogP contribution in [0.15, 0.2) is 18.2 Å². The van der Waals surface area contributed by atoms with Crippen LogP contribution in [0.25, 0.3) is 0 Å². The minimum absolute atomic E-state index is 0.934. The Morgan fingerprint density at radius 1 is 1.35 bits per heavy atom. The summed E-state index contributed by atoms with van der Waals surface area (Å²) in [6.45, 7) is 5.93. The molecule has 0 amide bonds. The van der Waals surface area contributed by atoms with Crippen molar-refractivity contribution in [1.82, 2.24) is 0 Å². The van der Waals surface area contributed by atoms with E-state index in [4.69, 9.17) is 0 Å². The highest BCUT2D eigenvalue weighted by Gasteiger charge is 2.26. The molecule has 0 spiro atoms. The largest absolute Gasteiger partial charge is 0.385 e. The molecule has 1 saturated heterocycles. The zero-order chi connectivity index (χ0) is 11.7. The minimum atomic E-state index is 0.934. The number of anilines is 2. The summed E-state index contributed by atoms with van der Waals surface area (Å²) in [5.41, 5.74) is 4.27. The van der Waals surface area contributed by atoms with Gasteiger partial charge < -0.3 is 10.2 Å². The summed E-state index contributed by atoms with van der Waals surface area (Å²) < 4.78 is 0. The fourth-order valence-electron chi connectivity index (χ4n) is 3.02. The minimum Gasteiger partial charge on any atom is -0.385 e. The van der Waals surface area contributed by atoms with Crippen LogP contribution in [0.3, 0.4) is 0 Å². The lowest BCUT2D eigenvalue weighted by atomic mass is 9.93. The first kappa shape index (κ1) is 10.9. The van der Waals surface area contributed by atoms with E-state index in [1.165, 1.54) is 55.7 Å². The molecule has 2 heteroatoms. The van der Waals surface area contributed by atoms with Gasteiger partial charge in [-0.1, -0.05) is 19.4 Å². The third-order valence-corrected chi connectivity index (χ3v) is 4.05. The van der Waals surface area contributed by atoms with Crippen molar-refractivity contribution < 1.29 is 0 Å². The number of hydrogen-bond donors (Lipinski definition) is 1. The summed E-state index contributed by atoms with van der Waals surface area (Å²) in [6, 6.07) is 6.95. The van der Waals surface area contributed by atoms with E-state index >= 15 is 0 Å². The molecule has 2 aliphatic heterocycles. The standard InChI is InChI=1S/C15H22N2/c1-2-4-12-10-17(11-12)14-7-6-13-5-3-8-16-15(13)9-14/h6-7,9,12,16H,2-5,8,10-11H2,1H3. The van der Waals surface area contributed by atoms with E-state index < -0.39 is 0 Å². The highest BCUT2D eigenvalue weighted by molar-refractivity contribution is 5.64. The van der Waals surface area contributed by atoms with E-state index in [-0.39, 0.29) is 0 Å². The van der Waals surface area contributed by atoms with Gasteiger partial charge in [-0.05, 0) is 42.9 Å². The van der Waals surface area contributed by atoms with Gasteiger partial charge in [0.05, 0.1) is 0 Å². The number of fused-ring (bicyclic) bond motifs is 1. The van der Waals surface area contributed by atoms with E-state index in [0.717, 1.165) is 12.5 Å². The first-order valence-corrected chi connectivity index (χ1v) is 6.98. The average Bonchev–Trinajstić information content (AvgIpc) is 2.33. The molecule has 1 N–H and O–H groups in total. The third-order valence-electron chi connectivity index (χ3n) is 4.05. The normalized spacial score (nSPS) is 19.5. The van der Waals surface area contributed by atoms with Crippen molar-refractivity contribution in [3.05, 3.63) is 23.8 Å². The zero-order valence-electron chi connectivity index (χ0n) is 10.7. The molecular formula is C15H22N2. The summed E-state index contributed by atoms with van der Waals surface area (Å²) >= 11 is 0. The Kier molecular flexibility index (Phi) is 2.96. The van der Waals surface area contributed by atoms with Crippen LogP contribution < -0.4 is 10.2 Å². The molecule has 0 aromatic heterocycles. The van der Waals surface area contributed by atoms with Crippen molar-refractivity contribution >= 4 is 11.4 Å². The van der Waals surface area contributed by atoms with Gasteiger partial charge in [0.25, 0.3) is 0 Å². The van der Waals surface area contributed by atoms with E-state index in [1.807, 2.05) is 0 Å². The van der Waals surface area contributed by atoms with Gasteiger partial charge in [-0.25, -0.2) is 0 Å². The van der Waals surface area contributed by atoms with Gasteiger partial charge in [-0.3, -0.25) is 0 Å². The number of hydrogen-bond acceptors (Lipinski definition) is 2. The van der Waals surface area contributed by atoms with Gasteiger partial charge in [-0.15, -0.1) is 0 Å². The van der Waals surface area contributed by atoms with Gasteiger partial charge in [0.1, 0.15) is 0 Å². The number of aryl methyl sites for hydroxylation is 1. The first-order valence-electron chi connectivity index (χ1n) is 6.98. The van der Waals surface area contributed by atoms with Crippen molar-refractivity contribution in [2.45, 2.75) is 32.6 Å². The topological polar surface area (TPSA) is 15.3 Å². The molecule has 3 rings (SSSR count). The van der Waals surface area contributed by atoms with Gasteiger partial charge in [-0.2, -0.15) is 0 Å². The molecule has 0 saturated carbocycles. The van der Waals surface area contributed by atoms with Crippen molar-refractivity contribution in [2.24, 2.45) is 5.92 Å². The van der Waals surface area contributed by atoms with Crippen molar-refractivity contribution in [3.8, 4) is 0 Å². The zero-order valence-corrected chi connectivity index (χ0v) is 10.7. The molecule has 1 aromatic carbocycles. The van der Waals surface area contributed by atoms with E-state index in [9.17, 15) is 0 Å². The summed E-state index contributed by atoms with van der Waals surface area (Å²) in [7, 11) is 0. The molecule has 1 fully saturated rings. The lowest BCUT2D eigenvalue weighted by molar-refractivity contribution is 0.381. The predicted octanol–water partition coefficient (Wildman–Crippen LogP) is 3.28. The molecule has 17 heavy (non-hydrogen) atoms. The van der Waals surface area contributed by atoms with Crippen molar-refractivity contribution in [1.29, 1.82) is 0 Å². The quantitative estimate of drug-likeness (QED) is 0.857. The number of nitrogens with zero attached hydrogens (tertiary/aromatic N) is 1. The van der Waals surface area contributed by atoms with Crippen LogP contribution in [0, 0.1) is 5.92 Å². The van der Waals surface area contributed by atoms with Gasteiger partial charge >= 0.3 is 0 Å². The predicted molar refractivity (Wildman–Crippen MR) is 73.9 cm³/mol. The number of rotatable bonds is 3. The van der Waals surface area contributed by atoms with Crippen molar-refractivity contribution in [2.75, 3.05) is 29.9 Å². The molecular weight excluding hydrogens is 208 g/mol. The molecule has 0 radical (unpaired) electrons. The lowest BCUT2D eigenvalue weighted by Gasteiger charge is -2.41. The van der Waals surface area contributed by atoms with E-state index in [2.05, 4.69) is 35.3 Å². The first-order chi connectivity index (χ1) is 8.36. The molecule has 2 nitrogen and oxygen atoms in total. The maximum Gasteiger partial charge on any atom is 0.0393 e. The second-order valence-electron chi connectivity index (χ2n) is 5.43. The Morgan fingerprint density at radius 2 is 2.24 bits per heavy atom. The van der Waals surface area contributed by atoms with Crippen LogP contribution in [0.5, 0.6) is 0 Å². The molecule has 1 aromatic rings. The Morgan fingerprint density at radius 3 is 3.06 bits per heavy atom. The monoisotopic (exact) mass is 230 g/mol. The smallest absolute Gasteiger partial charge is 0.0393 e. The third kappa shape index (κ3) is 2.13. The second kappa shape index (κ2) is 4.59. The van der Waals surface area contributed by atoms with Gasteiger partial charge in [0.15, 0.2) is 0 Å². The van der Waals surface area contributed by atoms with Crippen molar-refractivity contribution in [3.63, 3.8) is 0 Å². The van der Waals surface area contributed by atoms with Gasteiger partial charge in [0, 0.05) is 31.0 Å². The Bertz CT molecular complexity index is 394. The Hall–Kier alpha value is -1.18. The van der Waals surface area contributed by atoms with E-state index in [1.54, 1.807) is 0 Å². The Labute approximate surface area is 104 Å². The molecule has 0 atom stereocenters. The van der Waals surface area contributed by atoms with Crippen LogP contribution in [-0.2, 0) is 6.42 Å². The summed E-state index contributed by atoms with van der Waals surface area (Å²) in [5, 5.41) is 3.52. The summed E-state index contributed by atoms with van der Waals surface area (Å²) in [6.07, 6.45) is 5.22. The molecule has 92 valence electrons. The number of nitrogens with one attached hydrogen (secondary N) is 1. The fraction of sp³-hybridized carbons (Fsp3) is 0.600. The fourth-order valence-corrected chi connectivity index (χ4v) is 3.02. The van der Waals surface area contributed by atoms with Gasteiger partial charge in [0.2, 0.25) is 0 Å². The lowest BCUT2D eigenvalue weighted by Crippen LogP contribution is -2.46. The van der Waals surface area contributed by atoms with Crippen LogP contribution in [0.2, 0.25) is 0 Å².